The van der Waals surface area contributed by atoms with Crippen LogP contribution in [0, 0.1) is 12.8 Å². The van der Waals surface area contributed by atoms with E-state index < -0.39 is 0 Å². The van der Waals surface area contributed by atoms with Crippen molar-refractivity contribution in [2.24, 2.45) is 5.92 Å². The minimum Gasteiger partial charge on any atom is -0.489 e. The molecule has 0 aromatic heterocycles. The van der Waals surface area contributed by atoms with Gasteiger partial charge in [-0.2, -0.15) is 0 Å². The molecule has 1 saturated carbocycles. The average molecular weight is 308 g/mol. The molecule has 0 unspecified atom stereocenters. The molecule has 120 valence electrons. The second kappa shape index (κ2) is 7.45. The first-order valence-corrected chi connectivity index (χ1v) is 8.55. The van der Waals surface area contributed by atoms with Crippen molar-refractivity contribution in [3.8, 4) is 5.75 Å². The van der Waals surface area contributed by atoms with E-state index in [0.29, 0.717) is 12.4 Å². The van der Waals surface area contributed by atoms with Crippen LogP contribution in [-0.4, -0.2) is 5.78 Å². The molecule has 1 fully saturated rings. The molecule has 0 heterocycles. The lowest BCUT2D eigenvalue weighted by Crippen LogP contribution is -2.18. The van der Waals surface area contributed by atoms with Crippen LogP contribution in [0.1, 0.15) is 53.6 Å². The van der Waals surface area contributed by atoms with E-state index in [0.717, 1.165) is 35.3 Å². The van der Waals surface area contributed by atoms with Crippen LogP contribution in [-0.2, 0) is 6.61 Å². The number of ketones is 1. The van der Waals surface area contributed by atoms with Crippen LogP contribution in [0.2, 0.25) is 0 Å². The Bertz CT molecular complexity index is 655. The highest BCUT2D eigenvalue weighted by Gasteiger charge is 2.23. The number of carbonyl (C=O) groups is 1. The van der Waals surface area contributed by atoms with Gasteiger partial charge in [0.05, 0.1) is 0 Å². The van der Waals surface area contributed by atoms with Crippen LogP contribution in [0.15, 0.2) is 48.5 Å². The lowest BCUT2D eigenvalue weighted by molar-refractivity contribution is 0.0889. The standard InChI is InChI=1S/C21H24O2/c1-16-14-19(23-15-17-8-4-2-5-9-17)12-13-20(16)21(22)18-10-6-3-7-11-18/h2,4-5,8-9,12-14,18H,3,6-7,10-11,15H2,1H3. The zero-order valence-corrected chi connectivity index (χ0v) is 13.8. The molecule has 2 aromatic carbocycles. The molecule has 1 aliphatic rings. The molecule has 0 radical (unpaired) electrons. The van der Waals surface area contributed by atoms with Gasteiger partial charge in [-0.1, -0.05) is 49.6 Å². The molecule has 0 bridgehead atoms. The summed E-state index contributed by atoms with van der Waals surface area (Å²) in [4.78, 5) is 12.7. The Labute approximate surface area is 138 Å². The summed E-state index contributed by atoms with van der Waals surface area (Å²) in [6.07, 6.45) is 5.74. The summed E-state index contributed by atoms with van der Waals surface area (Å²) >= 11 is 0. The average Bonchev–Trinajstić information content (AvgIpc) is 2.61. The van der Waals surface area contributed by atoms with Gasteiger partial charge >= 0.3 is 0 Å². The molecule has 2 aromatic rings. The van der Waals surface area contributed by atoms with Crippen LogP contribution < -0.4 is 4.74 Å². The molecule has 2 heteroatoms. The summed E-state index contributed by atoms with van der Waals surface area (Å²) in [5.74, 6) is 1.36. The summed E-state index contributed by atoms with van der Waals surface area (Å²) in [5.41, 5.74) is 3.03. The van der Waals surface area contributed by atoms with Crippen LogP contribution in [0.25, 0.3) is 0 Å². The van der Waals surface area contributed by atoms with E-state index in [9.17, 15) is 4.79 Å². The van der Waals surface area contributed by atoms with Gasteiger partial charge in [0, 0.05) is 11.5 Å². The first-order chi connectivity index (χ1) is 11.2. The van der Waals surface area contributed by atoms with Gasteiger partial charge in [-0.05, 0) is 49.1 Å². The van der Waals surface area contributed by atoms with Crippen molar-refractivity contribution >= 4 is 5.78 Å². The third-order valence-corrected chi connectivity index (χ3v) is 4.69. The first kappa shape index (κ1) is 15.8. The number of rotatable bonds is 5. The summed E-state index contributed by atoms with van der Waals surface area (Å²) in [7, 11) is 0. The molecule has 0 aliphatic heterocycles. The van der Waals surface area contributed by atoms with E-state index in [-0.39, 0.29) is 5.92 Å². The summed E-state index contributed by atoms with van der Waals surface area (Å²) in [5, 5.41) is 0. The fraction of sp³-hybridized carbons (Fsp3) is 0.381. The van der Waals surface area contributed by atoms with Crippen molar-refractivity contribution in [1.29, 1.82) is 0 Å². The second-order valence-corrected chi connectivity index (χ2v) is 6.45. The van der Waals surface area contributed by atoms with Gasteiger partial charge in [-0.25, -0.2) is 0 Å². The Kier molecular flexibility index (Phi) is 5.12. The molecule has 3 rings (SSSR count). The number of ether oxygens (including phenoxy) is 1. The highest BCUT2D eigenvalue weighted by Crippen LogP contribution is 2.29. The lowest BCUT2D eigenvalue weighted by atomic mass is 9.83. The van der Waals surface area contributed by atoms with Crippen molar-refractivity contribution in [2.45, 2.75) is 45.6 Å². The quantitative estimate of drug-likeness (QED) is 0.697. The van der Waals surface area contributed by atoms with Gasteiger partial charge < -0.3 is 4.74 Å². The Morgan fingerprint density at radius 2 is 1.78 bits per heavy atom. The van der Waals surface area contributed by atoms with E-state index in [4.69, 9.17) is 4.74 Å². The maximum Gasteiger partial charge on any atom is 0.166 e. The molecule has 2 nitrogen and oxygen atoms in total. The summed E-state index contributed by atoms with van der Waals surface area (Å²) in [6, 6.07) is 16.0. The second-order valence-electron chi connectivity index (χ2n) is 6.45. The normalized spacial score (nSPS) is 15.3. The zero-order valence-electron chi connectivity index (χ0n) is 13.8. The van der Waals surface area contributed by atoms with E-state index in [2.05, 4.69) is 0 Å². The van der Waals surface area contributed by atoms with Gasteiger partial charge in [0.25, 0.3) is 0 Å². The van der Waals surface area contributed by atoms with Gasteiger partial charge in [0.15, 0.2) is 5.78 Å². The van der Waals surface area contributed by atoms with Gasteiger partial charge in [-0.3, -0.25) is 4.79 Å². The summed E-state index contributed by atoms with van der Waals surface area (Å²) in [6.45, 7) is 2.56. The van der Waals surface area contributed by atoms with Crippen molar-refractivity contribution in [1.82, 2.24) is 0 Å². The van der Waals surface area contributed by atoms with Gasteiger partial charge in [0.1, 0.15) is 12.4 Å². The smallest absolute Gasteiger partial charge is 0.166 e. The van der Waals surface area contributed by atoms with Crippen molar-refractivity contribution in [2.75, 3.05) is 0 Å². The molecule has 1 aliphatic carbocycles. The topological polar surface area (TPSA) is 26.3 Å². The third-order valence-electron chi connectivity index (χ3n) is 4.69. The maximum atomic E-state index is 12.7. The van der Waals surface area contributed by atoms with Crippen LogP contribution in [0.4, 0.5) is 0 Å². The highest BCUT2D eigenvalue weighted by molar-refractivity contribution is 5.99. The molecule has 0 amide bonds. The Morgan fingerprint density at radius 1 is 1.04 bits per heavy atom. The molecular formula is C21H24O2. The minimum atomic E-state index is 0.221. The van der Waals surface area contributed by atoms with E-state index in [1.165, 1.54) is 19.3 Å². The van der Waals surface area contributed by atoms with Crippen LogP contribution >= 0.6 is 0 Å². The molecule has 23 heavy (non-hydrogen) atoms. The molecule has 0 N–H and O–H groups in total. The van der Waals surface area contributed by atoms with Crippen molar-refractivity contribution in [3.63, 3.8) is 0 Å². The van der Waals surface area contributed by atoms with E-state index in [1.54, 1.807) is 0 Å². The predicted molar refractivity (Wildman–Crippen MR) is 92.9 cm³/mol. The molecule has 0 spiro atoms. The number of benzene rings is 2. The Hall–Kier alpha value is -2.09. The number of hydrogen-bond acceptors (Lipinski definition) is 2. The SMILES string of the molecule is Cc1cc(OCc2ccccc2)ccc1C(=O)C1CCCCC1. The molecular weight excluding hydrogens is 284 g/mol. The molecule has 0 saturated heterocycles. The highest BCUT2D eigenvalue weighted by atomic mass is 16.5. The fourth-order valence-corrected chi connectivity index (χ4v) is 3.33. The molecule has 0 atom stereocenters. The minimum absolute atomic E-state index is 0.221. The zero-order chi connectivity index (χ0) is 16.1. The maximum absolute atomic E-state index is 12.7. The monoisotopic (exact) mass is 308 g/mol. The number of carbonyl (C=O) groups excluding carboxylic acids is 1. The Morgan fingerprint density at radius 3 is 2.48 bits per heavy atom. The number of hydrogen-bond donors (Lipinski definition) is 0. The van der Waals surface area contributed by atoms with E-state index >= 15 is 0 Å². The van der Waals surface area contributed by atoms with Gasteiger partial charge in [0.2, 0.25) is 0 Å². The van der Waals surface area contributed by atoms with Crippen LogP contribution in [0.3, 0.4) is 0 Å². The van der Waals surface area contributed by atoms with Crippen LogP contribution in [0.5, 0.6) is 5.75 Å². The number of aryl methyl sites for hydroxylation is 1. The predicted octanol–water partition coefficient (Wildman–Crippen LogP) is 5.34. The van der Waals surface area contributed by atoms with Crippen molar-refractivity contribution in [3.05, 3.63) is 65.2 Å². The lowest BCUT2D eigenvalue weighted by Gasteiger charge is -2.21. The largest absolute Gasteiger partial charge is 0.489 e. The first-order valence-electron chi connectivity index (χ1n) is 8.55. The Balaban J connectivity index is 1.66. The summed E-state index contributed by atoms with van der Waals surface area (Å²) < 4.78 is 5.84. The van der Waals surface area contributed by atoms with Crippen molar-refractivity contribution < 1.29 is 9.53 Å². The van der Waals surface area contributed by atoms with Gasteiger partial charge in [-0.15, -0.1) is 0 Å². The number of Topliss-reactive ketones (excluding diaryl/α,β-unsaturated/α-hetero) is 1. The third kappa shape index (κ3) is 4.01. The fourth-order valence-electron chi connectivity index (χ4n) is 3.33. The van der Waals surface area contributed by atoms with E-state index in [1.807, 2.05) is 55.5 Å².